The van der Waals surface area contributed by atoms with Gasteiger partial charge in [-0.15, -0.1) is 0 Å². The zero-order valence-electron chi connectivity index (χ0n) is 10.6. The highest BCUT2D eigenvalue weighted by atomic mass is 16.5. The average Bonchev–Trinajstić information content (AvgIpc) is 2.13. The van der Waals surface area contributed by atoms with Gasteiger partial charge >= 0.3 is 0 Å². The van der Waals surface area contributed by atoms with Gasteiger partial charge in [0, 0.05) is 26.1 Å². The summed E-state index contributed by atoms with van der Waals surface area (Å²) < 4.78 is 5.36. The van der Waals surface area contributed by atoms with Crippen molar-refractivity contribution in [2.75, 3.05) is 20.7 Å². The second kappa shape index (κ2) is 6.08. The van der Waals surface area contributed by atoms with Crippen molar-refractivity contribution in [2.24, 2.45) is 5.73 Å². The number of rotatable bonds is 7. The van der Waals surface area contributed by atoms with Gasteiger partial charge in [0.1, 0.15) is 0 Å². The van der Waals surface area contributed by atoms with E-state index in [9.17, 15) is 0 Å². The van der Waals surface area contributed by atoms with Crippen molar-refractivity contribution in [3.8, 4) is 0 Å². The summed E-state index contributed by atoms with van der Waals surface area (Å²) in [5.41, 5.74) is 5.29. The topological polar surface area (TPSA) is 62.3 Å². The van der Waals surface area contributed by atoms with Gasteiger partial charge in [0.25, 0.3) is 0 Å². The van der Waals surface area contributed by atoms with Gasteiger partial charge in [0.2, 0.25) is 0 Å². The fourth-order valence-electron chi connectivity index (χ4n) is 1.24. The van der Waals surface area contributed by atoms with Crippen LogP contribution in [0.5, 0.6) is 0 Å². The molecule has 1 unspecified atom stereocenters. The molecule has 0 aromatic carbocycles. The second-order valence-electron chi connectivity index (χ2n) is 4.77. The highest BCUT2D eigenvalue weighted by molar-refractivity contribution is 5.77. The van der Waals surface area contributed by atoms with Gasteiger partial charge in [-0.05, 0) is 34.2 Å². The van der Waals surface area contributed by atoms with Crippen molar-refractivity contribution < 1.29 is 4.74 Å². The third-order valence-electron chi connectivity index (χ3n) is 2.89. The lowest BCUT2D eigenvalue weighted by Crippen LogP contribution is -2.37. The summed E-state index contributed by atoms with van der Waals surface area (Å²) in [6.45, 7) is 7.20. The smallest absolute Gasteiger partial charge is 0.0920 e. The molecule has 0 aliphatic carbocycles. The normalized spacial score (nSPS) is 14.3. The van der Waals surface area contributed by atoms with E-state index in [-0.39, 0.29) is 11.4 Å². The molecule has 0 saturated heterocycles. The van der Waals surface area contributed by atoms with Crippen LogP contribution in [0.15, 0.2) is 0 Å². The van der Waals surface area contributed by atoms with E-state index in [2.05, 4.69) is 32.7 Å². The molecule has 0 heterocycles. The van der Waals surface area contributed by atoms with Gasteiger partial charge in [-0.3, -0.25) is 5.41 Å². The lowest BCUT2D eigenvalue weighted by molar-refractivity contribution is 0.00707. The minimum Gasteiger partial charge on any atom is -0.388 e. The van der Waals surface area contributed by atoms with Crippen LogP contribution < -0.4 is 5.73 Å². The fourth-order valence-corrected chi connectivity index (χ4v) is 1.24. The molecule has 0 rings (SSSR count). The molecular weight excluding hydrogens is 190 g/mol. The van der Waals surface area contributed by atoms with Crippen molar-refractivity contribution in [2.45, 2.75) is 45.3 Å². The zero-order valence-corrected chi connectivity index (χ0v) is 10.6. The molecule has 0 amide bonds. The standard InChI is InChI=1S/C11H25N3O/c1-9(8-10(12)13)14(4)7-6-11(2,3)15-5/h9H,6-8H2,1-5H3,(H3,12,13). The molecule has 0 spiro atoms. The Morgan fingerprint density at radius 1 is 1.53 bits per heavy atom. The van der Waals surface area contributed by atoms with E-state index < -0.39 is 0 Å². The molecule has 0 bridgehead atoms. The number of methoxy groups -OCH3 is 1. The Labute approximate surface area is 93.3 Å². The van der Waals surface area contributed by atoms with Gasteiger partial charge in [0.05, 0.1) is 11.4 Å². The number of hydrogen-bond donors (Lipinski definition) is 2. The number of nitrogens with two attached hydrogens (primary N) is 1. The second-order valence-corrected chi connectivity index (χ2v) is 4.77. The van der Waals surface area contributed by atoms with Crippen LogP contribution in [0, 0.1) is 5.41 Å². The van der Waals surface area contributed by atoms with Crippen LogP contribution in [-0.4, -0.2) is 43.1 Å². The maximum atomic E-state index is 7.24. The Balaban J connectivity index is 3.92. The predicted octanol–water partition coefficient (Wildman–Crippen LogP) is 1.45. The lowest BCUT2D eigenvalue weighted by atomic mass is 10.0. The summed E-state index contributed by atoms with van der Waals surface area (Å²) in [5.74, 6) is 0.250. The first-order valence-corrected chi connectivity index (χ1v) is 5.37. The molecule has 0 aliphatic rings. The summed E-state index contributed by atoms with van der Waals surface area (Å²) in [6, 6.07) is 0.315. The summed E-state index contributed by atoms with van der Waals surface area (Å²) in [5, 5.41) is 7.24. The van der Waals surface area contributed by atoms with E-state index in [0.29, 0.717) is 12.5 Å². The molecule has 0 aliphatic heterocycles. The van der Waals surface area contributed by atoms with E-state index in [0.717, 1.165) is 13.0 Å². The van der Waals surface area contributed by atoms with Crippen LogP contribution >= 0.6 is 0 Å². The maximum absolute atomic E-state index is 7.24. The highest BCUT2D eigenvalue weighted by Gasteiger charge is 2.18. The van der Waals surface area contributed by atoms with Crippen LogP contribution in [0.2, 0.25) is 0 Å². The Morgan fingerprint density at radius 3 is 2.47 bits per heavy atom. The van der Waals surface area contributed by atoms with Gasteiger partial charge in [-0.1, -0.05) is 0 Å². The van der Waals surface area contributed by atoms with Gasteiger partial charge in [-0.25, -0.2) is 0 Å². The van der Waals surface area contributed by atoms with Gasteiger partial charge in [-0.2, -0.15) is 0 Å². The third kappa shape index (κ3) is 6.47. The lowest BCUT2D eigenvalue weighted by Gasteiger charge is -2.29. The maximum Gasteiger partial charge on any atom is 0.0920 e. The first-order valence-electron chi connectivity index (χ1n) is 5.37. The van der Waals surface area contributed by atoms with Crippen LogP contribution in [-0.2, 0) is 4.74 Å². The molecule has 0 aromatic heterocycles. The summed E-state index contributed by atoms with van der Waals surface area (Å²) in [4.78, 5) is 2.21. The molecule has 0 radical (unpaired) electrons. The van der Waals surface area contributed by atoms with Crippen LogP contribution in [0.3, 0.4) is 0 Å². The van der Waals surface area contributed by atoms with Crippen molar-refractivity contribution in [3.63, 3.8) is 0 Å². The molecule has 4 heteroatoms. The summed E-state index contributed by atoms with van der Waals surface area (Å²) >= 11 is 0. The molecule has 3 N–H and O–H groups in total. The van der Waals surface area contributed by atoms with Crippen molar-refractivity contribution in [1.29, 1.82) is 5.41 Å². The minimum absolute atomic E-state index is 0.0792. The van der Waals surface area contributed by atoms with E-state index in [1.165, 1.54) is 0 Å². The van der Waals surface area contributed by atoms with Crippen LogP contribution in [0.4, 0.5) is 0 Å². The van der Waals surface area contributed by atoms with E-state index in [1.54, 1.807) is 7.11 Å². The minimum atomic E-state index is -0.0792. The highest BCUT2D eigenvalue weighted by Crippen LogP contribution is 2.14. The van der Waals surface area contributed by atoms with E-state index in [4.69, 9.17) is 15.9 Å². The van der Waals surface area contributed by atoms with Crippen molar-refractivity contribution >= 4 is 5.84 Å². The van der Waals surface area contributed by atoms with Crippen LogP contribution in [0.25, 0.3) is 0 Å². The summed E-state index contributed by atoms with van der Waals surface area (Å²) in [6.07, 6.45) is 1.60. The van der Waals surface area contributed by atoms with Crippen LogP contribution in [0.1, 0.15) is 33.6 Å². The Kier molecular flexibility index (Phi) is 5.83. The third-order valence-corrected chi connectivity index (χ3v) is 2.89. The quantitative estimate of drug-likeness (QED) is 0.499. The van der Waals surface area contributed by atoms with E-state index in [1.807, 2.05) is 0 Å². The predicted molar refractivity (Wildman–Crippen MR) is 64.3 cm³/mol. The molecule has 0 aromatic rings. The first kappa shape index (κ1) is 14.4. The molecule has 4 nitrogen and oxygen atoms in total. The SMILES string of the molecule is COC(C)(C)CCN(C)C(C)CC(=N)N. The zero-order chi connectivity index (χ0) is 12.1. The number of nitrogens with one attached hydrogen (secondary N) is 1. The molecule has 90 valence electrons. The molecular formula is C11H25N3O. The van der Waals surface area contributed by atoms with E-state index >= 15 is 0 Å². The number of ether oxygens (including phenoxy) is 1. The molecule has 0 fully saturated rings. The molecule has 1 atom stereocenters. The number of amidine groups is 1. The Morgan fingerprint density at radius 2 is 2.07 bits per heavy atom. The van der Waals surface area contributed by atoms with Gasteiger partial charge in [0.15, 0.2) is 0 Å². The number of hydrogen-bond acceptors (Lipinski definition) is 3. The van der Waals surface area contributed by atoms with Gasteiger partial charge < -0.3 is 15.4 Å². The monoisotopic (exact) mass is 215 g/mol. The Hall–Kier alpha value is -0.610. The summed E-state index contributed by atoms with van der Waals surface area (Å²) in [7, 11) is 3.79. The number of nitrogens with zero attached hydrogens (tertiary/aromatic N) is 1. The van der Waals surface area contributed by atoms with Crippen molar-refractivity contribution in [3.05, 3.63) is 0 Å². The molecule has 0 saturated carbocycles. The largest absolute Gasteiger partial charge is 0.388 e. The average molecular weight is 215 g/mol. The van der Waals surface area contributed by atoms with Crippen molar-refractivity contribution in [1.82, 2.24) is 4.90 Å². The Bertz CT molecular complexity index is 204. The first-order chi connectivity index (χ1) is 6.78. The fraction of sp³-hybridized carbons (Fsp3) is 0.909. The molecule has 15 heavy (non-hydrogen) atoms.